The van der Waals surface area contributed by atoms with E-state index < -0.39 is 20.8 Å². The third-order valence-electron chi connectivity index (χ3n) is 3.81. The molecule has 24 heavy (non-hydrogen) atoms. The molecular formula is C15H14FN3O4S. The smallest absolute Gasteiger partial charge is 0.269 e. The number of halogens is 1. The topological polar surface area (TPSA) is 101 Å². The summed E-state index contributed by atoms with van der Waals surface area (Å²) < 4.78 is 41.4. The van der Waals surface area contributed by atoms with E-state index in [4.69, 9.17) is 0 Å². The van der Waals surface area contributed by atoms with Crippen molar-refractivity contribution in [3.8, 4) is 0 Å². The molecule has 0 saturated heterocycles. The summed E-state index contributed by atoms with van der Waals surface area (Å²) in [5.41, 5.74) is 0.949. The normalized spacial score (nSPS) is 14.0. The van der Waals surface area contributed by atoms with E-state index in [1.807, 2.05) is 0 Å². The van der Waals surface area contributed by atoms with Gasteiger partial charge in [-0.05, 0) is 42.3 Å². The van der Waals surface area contributed by atoms with E-state index in [2.05, 4.69) is 10.0 Å². The zero-order valence-electron chi connectivity index (χ0n) is 12.5. The first kappa shape index (κ1) is 16.3. The number of hydrogen-bond acceptors (Lipinski definition) is 5. The molecule has 1 aliphatic heterocycles. The highest BCUT2D eigenvalue weighted by atomic mass is 32.2. The zero-order chi connectivity index (χ0) is 17.3. The first-order chi connectivity index (χ1) is 11.4. The molecule has 0 saturated carbocycles. The second-order valence-corrected chi connectivity index (χ2v) is 7.03. The van der Waals surface area contributed by atoms with Gasteiger partial charge in [-0.15, -0.1) is 0 Å². The van der Waals surface area contributed by atoms with Gasteiger partial charge in [0.2, 0.25) is 0 Å². The van der Waals surface area contributed by atoms with Gasteiger partial charge in [0, 0.05) is 18.7 Å². The third kappa shape index (κ3) is 3.08. The summed E-state index contributed by atoms with van der Waals surface area (Å²) >= 11 is 0. The van der Waals surface area contributed by atoms with Crippen LogP contribution >= 0.6 is 0 Å². The van der Waals surface area contributed by atoms with Crippen molar-refractivity contribution in [2.75, 3.05) is 11.3 Å². The molecular weight excluding hydrogens is 337 g/mol. The van der Waals surface area contributed by atoms with E-state index in [0.29, 0.717) is 25.1 Å². The van der Waals surface area contributed by atoms with Gasteiger partial charge >= 0.3 is 0 Å². The summed E-state index contributed by atoms with van der Waals surface area (Å²) in [5, 5.41) is 13.7. The fourth-order valence-electron chi connectivity index (χ4n) is 2.56. The average Bonchev–Trinajstić information content (AvgIpc) is 2.57. The van der Waals surface area contributed by atoms with Crippen LogP contribution in [0.5, 0.6) is 0 Å². The van der Waals surface area contributed by atoms with E-state index in [1.54, 1.807) is 6.07 Å². The van der Waals surface area contributed by atoms with Crippen molar-refractivity contribution in [3.05, 3.63) is 63.5 Å². The van der Waals surface area contributed by atoms with Crippen molar-refractivity contribution < 1.29 is 17.7 Å². The van der Waals surface area contributed by atoms with E-state index >= 15 is 0 Å². The Balaban J connectivity index is 1.91. The van der Waals surface area contributed by atoms with Crippen molar-refractivity contribution in [2.45, 2.75) is 17.9 Å². The Morgan fingerprint density at radius 1 is 1.17 bits per heavy atom. The number of fused-ring (bicyclic) bond motifs is 1. The number of nitro benzene ring substituents is 1. The Labute approximate surface area is 137 Å². The van der Waals surface area contributed by atoms with E-state index in [-0.39, 0.29) is 16.3 Å². The molecule has 1 aliphatic rings. The van der Waals surface area contributed by atoms with Gasteiger partial charge in [0.25, 0.3) is 15.7 Å². The Morgan fingerprint density at radius 2 is 1.88 bits per heavy atom. The van der Waals surface area contributed by atoms with E-state index in [9.17, 15) is 22.9 Å². The molecule has 0 fully saturated rings. The number of rotatable bonds is 4. The van der Waals surface area contributed by atoms with Crippen LogP contribution in [-0.4, -0.2) is 19.9 Å². The van der Waals surface area contributed by atoms with Crippen molar-refractivity contribution in [1.82, 2.24) is 5.32 Å². The summed E-state index contributed by atoms with van der Waals surface area (Å²) in [7, 11) is -4.03. The second kappa shape index (κ2) is 6.17. The minimum absolute atomic E-state index is 0.131. The first-order valence-electron chi connectivity index (χ1n) is 7.17. The molecule has 0 spiro atoms. The molecule has 0 bridgehead atoms. The number of nitrogens with zero attached hydrogens (tertiary/aromatic N) is 1. The molecule has 2 aromatic rings. The van der Waals surface area contributed by atoms with Crippen LogP contribution < -0.4 is 10.0 Å². The highest BCUT2D eigenvalue weighted by Gasteiger charge is 2.21. The van der Waals surface area contributed by atoms with E-state index in [0.717, 1.165) is 29.8 Å². The Kier molecular flexibility index (Phi) is 4.20. The van der Waals surface area contributed by atoms with Crippen molar-refractivity contribution in [1.29, 1.82) is 0 Å². The molecule has 9 heteroatoms. The van der Waals surface area contributed by atoms with Crippen LogP contribution in [0.15, 0.2) is 41.3 Å². The largest absolute Gasteiger partial charge is 0.312 e. The van der Waals surface area contributed by atoms with Gasteiger partial charge in [0.15, 0.2) is 5.82 Å². The lowest BCUT2D eigenvalue weighted by atomic mass is 10.00. The zero-order valence-corrected chi connectivity index (χ0v) is 13.3. The third-order valence-corrected chi connectivity index (χ3v) is 5.19. The molecule has 126 valence electrons. The summed E-state index contributed by atoms with van der Waals surface area (Å²) in [6.45, 7) is 1.17. The highest BCUT2D eigenvalue weighted by molar-refractivity contribution is 7.92. The molecule has 0 amide bonds. The van der Waals surface area contributed by atoms with Gasteiger partial charge in [-0.3, -0.25) is 14.8 Å². The summed E-state index contributed by atoms with van der Waals surface area (Å²) in [6, 6.07) is 7.46. The highest BCUT2D eigenvalue weighted by Crippen LogP contribution is 2.27. The lowest BCUT2D eigenvalue weighted by Gasteiger charge is -2.19. The van der Waals surface area contributed by atoms with Crippen LogP contribution in [0.4, 0.5) is 15.8 Å². The van der Waals surface area contributed by atoms with Crippen LogP contribution in [0.1, 0.15) is 11.1 Å². The fraction of sp³-hybridized carbons (Fsp3) is 0.200. The Bertz CT molecular complexity index is 898. The SMILES string of the molecule is O=[N+]([O-])c1ccc(S(=O)(=O)Nc2ccc3c(c2F)CCNC3)cc1. The minimum Gasteiger partial charge on any atom is -0.312 e. The summed E-state index contributed by atoms with van der Waals surface area (Å²) in [6.07, 6.45) is 0.480. The fourth-order valence-corrected chi connectivity index (χ4v) is 3.62. The molecule has 0 aliphatic carbocycles. The molecule has 1 heterocycles. The van der Waals surface area contributed by atoms with Gasteiger partial charge < -0.3 is 5.32 Å². The molecule has 0 aromatic heterocycles. The quantitative estimate of drug-likeness (QED) is 0.649. The van der Waals surface area contributed by atoms with Crippen molar-refractivity contribution >= 4 is 21.4 Å². The predicted molar refractivity (Wildman–Crippen MR) is 85.7 cm³/mol. The molecule has 0 unspecified atom stereocenters. The van der Waals surface area contributed by atoms with Crippen LogP contribution in [0, 0.1) is 15.9 Å². The second-order valence-electron chi connectivity index (χ2n) is 5.35. The summed E-state index contributed by atoms with van der Waals surface area (Å²) in [4.78, 5) is 9.82. The number of nitrogens with one attached hydrogen (secondary N) is 2. The van der Waals surface area contributed by atoms with Crippen molar-refractivity contribution in [3.63, 3.8) is 0 Å². The van der Waals surface area contributed by atoms with E-state index in [1.165, 1.54) is 6.07 Å². The molecule has 2 aromatic carbocycles. The van der Waals surface area contributed by atoms with Gasteiger partial charge in [0.1, 0.15) is 0 Å². The maximum atomic E-state index is 14.5. The maximum Gasteiger partial charge on any atom is 0.269 e. The lowest BCUT2D eigenvalue weighted by Crippen LogP contribution is -2.25. The number of non-ortho nitro benzene ring substituents is 1. The summed E-state index contributed by atoms with van der Waals surface area (Å²) in [5.74, 6) is -0.584. The maximum absolute atomic E-state index is 14.5. The Morgan fingerprint density at radius 3 is 2.54 bits per heavy atom. The van der Waals surface area contributed by atoms with Crippen LogP contribution in [0.3, 0.4) is 0 Å². The minimum atomic E-state index is -4.03. The number of anilines is 1. The van der Waals surface area contributed by atoms with Gasteiger partial charge in [-0.1, -0.05) is 6.07 Å². The number of hydrogen-bond donors (Lipinski definition) is 2. The van der Waals surface area contributed by atoms with Gasteiger partial charge in [0.05, 0.1) is 15.5 Å². The van der Waals surface area contributed by atoms with Gasteiger partial charge in [-0.25, -0.2) is 12.8 Å². The molecule has 0 radical (unpaired) electrons. The number of benzene rings is 2. The number of nitro groups is 1. The van der Waals surface area contributed by atoms with Crippen LogP contribution in [0.25, 0.3) is 0 Å². The van der Waals surface area contributed by atoms with Crippen LogP contribution in [0.2, 0.25) is 0 Å². The van der Waals surface area contributed by atoms with Gasteiger partial charge in [-0.2, -0.15) is 0 Å². The Hall–Kier alpha value is -2.52. The monoisotopic (exact) mass is 351 g/mol. The molecule has 0 atom stereocenters. The first-order valence-corrected chi connectivity index (χ1v) is 8.65. The van der Waals surface area contributed by atoms with Crippen molar-refractivity contribution in [2.24, 2.45) is 0 Å². The van der Waals surface area contributed by atoms with Crippen LogP contribution in [-0.2, 0) is 23.0 Å². The predicted octanol–water partition coefficient (Wildman–Crippen LogP) is 2.18. The lowest BCUT2D eigenvalue weighted by molar-refractivity contribution is -0.384. The standard InChI is InChI=1S/C15H14FN3O4S/c16-15-13-7-8-17-9-10(13)1-6-14(15)18-24(22,23)12-4-2-11(3-5-12)19(20)21/h1-6,17-18H,7-9H2. The number of sulfonamides is 1. The molecule has 3 rings (SSSR count). The average molecular weight is 351 g/mol. The molecule has 2 N–H and O–H groups in total. The molecule has 7 nitrogen and oxygen atoms in total.